The molecule has 2 rings (SSSR count). The highest BCUT2D eigenvalue weighted by atomic mass is 16.5. The van der Waals surface area contributed by atoms with Crippen LogP contribution >= 0.6 is 0 Å². The summed E-state index contributed by atoms with van der Waals surface area (Å²) in [6, 6.07) is 0.289. The second-order valence-corrected chi connectivity index (χ2v) is 5.30. The third-order valence-electron chi connectivity index (χ3n) is 3.37. The van der Waals surface area contributed by atoms with Crippen molar-refractivity contribution < 1.29 is 9.53 Å². The summed E-state index contributed by atoms with van der Waals surface area (Å²) in [6.45, 7) is 3.83. The Hall–Kier alpha value is -1.65. The molecule has 0 aliphatic heterocycles. The van der Waals surface area contributed by atoms with Crippen molar-refractivity contribution in [1.29, 1.82) is 0 Å². The van der Waals surface area contributed by atoms with Gasteiger partial charge in [-0.2, -0.15) is 0 Å². The van der Waals surface area contributed by atoms with Gasteiger partial charge in [-0.15, -0.1) is 0 Å². The maximum Gasteiger partial charge on any atom is 0.232 e. The fourth-order valence-electron chi connectivity index (χ4n) is 2.21. The maximum absolute atomic E-state index is 11.6. The number of nitrogens with one attached hydrogen (secondary N) is 1. The summed E-state index contributed by atoms with van der Waals surface area (Å²) in [6.07, 6.45) is 8.89. The van der Waals surface area contributed by atoms with Gasteiger partial charge in [-0.3, -0.25) is 9.78 Å². The first-order valence-corrected chi connectivity index (χ1v) is 6.88. The maximum atomic E-state index is 11.6. The van der Waals surface area contributed by atoms with Crippen LogP contribution in [0, 0.1) is 5.92 Å². The van der Waals surface area contributed by atoms with Gasteiger partial charge in [0.1, 0.15) is 6.10 Å². The Balaban J connectivity index is 1.75. The first-order valence-electron chi connectivity index (χ1n) is 6.88. The molecule has 0 spiro atoms. The van der Waals surface area contributed by atoms with Gasteiger partial charge in [0.15, 0.2) is 0 Å². The Kier molecular flexibility index (Phi) is 4.71. The molecule has 19 heavy (non-hydrogen) atoms. The molecule has 0 bridgehead atoms. The summed E-state index contributed by atoms with van der Waals surface area (Å²) in [5.74, 6) is 0.768. The Labute approximate surface area is 113 Å². The summed E-state index contributed by atoms with van der Waals surface area (Å²) in [5.41, 5.74) is 0. The SMILES string of the molecule is CC(C)C(=O)NC1CCC(Oc2cnccn2)CC1. The molecule has 104 valence electrons. The largest absolute Gasteiger partial charge is 0.473 e. The van der Waals surface area contributed by atoms with Crippen LogP contribution in [-0.4, -0.2) is 28.0 Å². The highest BCUT2D eigenvalue weighted by molar-refractivity contribution is 5.78. The molecule has 1 saturated carbocycles. The van der Waals surface area contributed by atoms with Gasteiger partial charge in [-0.1, -0.05) is 13.8 Å². The molecule has 5 nitrogen and oxygen atoms in total. The smallest absolute Gasteiger partial charge is 0.232 e. The number of rotatable bonds is 4. The van der Waals surface area contributed by atoms with Crippen molar-refractivity contribution in [1.82, 2.24) is 15.3 Å². The lowest BCUT2D eigenvalue weighted by molar-refractivity contribution is -0.125. The van der Waals surface area contributed by atoms with E-state index in [4.69, 9.17) is 4.74 Å². The van der Waals surface area contributed by atoms with E-state index in [1.807, 2.05) is 13.8 Å². The molecule has 5 heteroatoms. The van der Waals surface area contributed by atoms with E-state index in [1.54, 1.807) is 18.6 Å². The number of aromatic nitrogens is 2. The predicted octanol–water partition coefficient (Wildman–Crippen LogP) is 1.94. The molecule has 0 atom stereocenters. The molecule has 0 aromatic carbocycles. The minimum atomic E-state index is 0.0496. The van der Waals surface area contributed by atoms with E-state index in [0.29, 0.717) is 5.88 Å². The number of nitrogens with zero attached hydrogens (tertiary/aromatic N) is 2. The van der Waals surface area contributed by atoms with E-state index in [2.05, 4.69) is 15.3 Å². The van der Waals surface area contributed by atoms with Crippen LogP contribution in [0.1, 0.15) is 39.5 Å². The highest BCUT2D eigenvalue weighted by Crippen LogP contribution is 2.22. The second-order valence-electron chi connectivity index (χ2n) is 5.30. The lowest BCUT2D eigenvalue weighted by atomic mass is 9.92. The van der Waals surface area contributed by atoms with Crippen LogP contribution in [0.3, 0.4) is 0 Å². The van der Waals surface area contributed by atoms with Gasteiger partial charge in [-0.25, -0.2) is 4.98 Å². The van der Waals surface area contributed by atoms with E-state index < -0.39 is 0 Å². The zero-order valence-electron chi connectivity index (χ0n) is 11.5. The van der Waals surface area contributed by atoms with Crippen LogP contribution in [0.4, 0.5) is 0 Å². The van der Waals surface area contributed by atoms with E-state index in [1.165, 1.54) is 0 Å². The van der Waals surface area contributed by atoms with E-state index in [0.717, 1.165) is 25.7 Å². The third kappa shape index (κ3) is 4.19. The first kappa shape index (κ1) is 13.8. The topological polar surface area (TPSA) is 64.1 Å². The minimum absolute atomic E-state index is 0.0496. The number of carbonyl (C=O) groups is 1. The van der Waals surface area contributed by atoms with E-state index in [-0.39, 0.29) is 24.0 Å². The minimum Gasteiger partial charge on any atom is -0.473 e. The fourth-order valence-corrected chi connectivity index (χ4v) is 2.21. The average Bonchev–Trinajstić information content (AvgIpc) is 2.42. The number of carbonyl (C=O) groups excluding carboxylic acids is 1. The van der Waals surface area contributed by atoms with Gasteiger partial charge in [0.2, 0.25) is 11.8 Å². The summed E-state index contributed by atoms with van der Waals surface area (Å²) in [5, 5.41) is 3.08. The second kappa shape index (κ2) is 6.50. The summed E-state index contributed by atoms with van der Waals surface area (Å²) >= 11 is 0. The Morgan fingerprint density at radius 3 is 2.63 bits per heavy atom. The van der Waals surface area contributed by atoms with Crippen molar-refractivity contribution in [3.05, 3.63) is 18.6 Å². The van der Waals surface area contributed by atoms with Crippen LogP contribution in [0.25, 0.3) is 0 Å². The zero-order valence-corrected chi connectivity index (χ0v) is 11.5. The van der Waals surface area contributed by atoms with Crippen LogP contribution in [0.2, 0.25) is 0 Å². The monoisotopic (exact) mass is 263 g/mol. The van der Waals surface area contributed by atoms with Crippen molar-refractivity contribution in [2.45, 2.75) is 51.7 Å². The average molecular weight is 263 g/mol. The molecule has 1 fully saturated rings. The van der Waals surface area contributed by atoms with Crippen molar-refractivity contribution in [3.8, 4) is 5.88 Å². The number of ether oxygens (including phenoxy) is 1. The van der Waals surface area contributed by atoms with Crippen LogP contribution in [0.15, 0.2) is 18.6 Å². The fraction of sp³-hybridized carbons (Fsp3) is 0.643. The molecule has 0 radical (unpaired) electrons. The molecular formula is C14H21N3O2. The van der Waals surface area contributed by atoms with E-state index >= 15 is 0 Å². The van der Waals surface area contributed by atoms with Crippen LogP contribution < -0.4 is 10.1 Å². The summed E-state index contributed by atoms with van der Waals surface area (Å²) < 4.78 is 5.77. The lowest BCUT2D eigenvalue weighted by Gasteiger charge is -2.29. The standard InChI is InChI=1S/C14H21N3O2/c1-10(2)14(18)17-11-3-5-12(6-4-11)19-13-9-15-7-8-16-13/h7-12H,3-6H2,1-2H3,(H,17,18). The molecule has 1 amide bonds. The molecular weight excluding hydrogens is 242 g/mol. The molecule has 1 aromatic heterocycles. The van der Waals surface area contributed by atoms with Gasteiger partial charge >= 0.3 is 0 Å². The Morgan fingerprint density at radius 2 is 2.05 bits per heavy atom. The van der Waals surface area contributed by atoms with Gasteiger partial charge in [0.05, 0.1) is 6.20 Å². The van der Waals surface area contributed by atoms with Gasteiger partial charge in [0, 0.05) is 24.4 Å². The Morgan fingerprint density at radius 1 is 1.32 bits per heavy atom. The number of amides is 1. The summed E-state index contributed by atoms with van der Waals surface area (Å²) in [4.78, 5) is 19.7. The molecule has 1 N–H and O–H groups in total. The highest BCUT2D eigenvalue weighted by Gasteiger charge is 2.24. The molecule has 1 heterocycles. The van der Waals surface area contributed by atoms with Crippen molar-refractivity contribution in [2.75, 3.05) is 0 Å². The van der Waals surface area contributed by atoms with Crippen LogP contribution in [-0.2, 0) is 4.79 Å². The summed E-state index contributed by atoms with van der Waals surface area (Å²) in [7, 11) is 0. The Bertz CT molecular complexity index is 400. The van der Waals surface area contributed by atoms with Gasteiger partial charge in [-0.05, 0) is 25.7 Å². The number of hydrogen-bond acceptors (Lipinski definition) is 4. The molecule has 0 saturated heterocycles. The number of hydrogen-bond donors (Lipinski definition) is 1. The normalized spacial score (nSPS) is 23.1. The van der Waals surface area contributed by atoms with Crippen LogP contribution in [0.5, 0.6) is 5.88 Å². The zero-order chi connectivity index (χ0) is 13.7. The van der Waals surface area contributed by atoms with Crippen molar-refractivity contribution in [2.24, 2.45) is 5.92 Å². The van der Waals surface area contributed by atoms with Gasteiger partial charge < -0.3 is 10.1 Å². The van der Waals surface area contributed by atoms with E-state index in [9.17, 15) is 4.79 Å². The third-order valence-corrected chi connectivity index (χ3v) is 3.37. The first-order chi connectivity index (χ1) is 9.15. The van der Waals surface area contributed by atoms with Crippen molar-refractivity contribution >= 4 is 5.91 Å². The molecule has 1 aliphatic rings. The predicted molar refractivity (Wildman–Crippen MR) is 71.7 cm³/mol. The lowest BCUT2D eigenvalue weighted by Crippen LogP contribution is -2.41. The molecule has 0 unspecified atom stereocenters. The van der Waals surface area contributed by atoms with Gasteiger partial charge in [0.25, 0.3) is 0 Å². The molecule has 1 aromatic rings. The quantitative estimate of drug-likeness (QED) is 0.901. The molecule has 1 aliphatic carbocycles. The van der Waals surface area contributed by atoms with Crippen molar-refractivity contribution in [3.63, 3.8) is 0 Å².